The van der Waals surface area contributed by atoms with Gasteiger partial charge in [-0.15, -0.1) is 0 Å². The molecule has 3 heterocycles. The molecule has 2 saturated heterocycles. The molecule has 1 amide bonds. The van der Waals surface area contributed by atoms with Crippen molar-refractivity contribution in [2.75, 3.05) is 38.5 Å². The average molecular weight is 345 g/mol. The van der Waals surface area contributed by atoms with Gasteiger partial charge >= 0.3 is 0 Å². The smallest absolute Gasteiger partial charge is 0.254 e. The number of nitrogens with zero attached hydrogens (tertiary/aromatic N) is 3. The van der Waals surface area contributed by atoms with Crippen LogP contribution in [0.15, 0.2) is 18.3 Å². The Morgan fingerprint density at radius 1 is 1.20 bits per heavy atom. The quantitative estimate of drug-likeness (QED) is 0.916. The molecule has 2 aliphatic rings. The van der Waals surface area contributed by atoms with E-state index in [1.54, 1.807) is 18.3 Å². The second kappa shape index (κ2) is 7.32. The molecule has 0 aliphatic carbocycles. The number of aromatic nitrogens is 1. The summed E-state index contributed by atoms with van der Waals surface area (Å²) in [6, 6.07) is 3.43. The molecule has 2 aliphatic heterocycles. The maximum absolute atomic E-state index is 12.6. The van der Waals surface area contributed by atoms with Crippen LogP contribution in [0.3, 0.4) is 0 Å². The summed E-state index contributed by atoms with van der Waals surface area (Å²) in [4.78, 5) is 21.2. The number of pyridine rings is 1. The zero-order valence-electron chi connectivity index (χ0n) is 15.9. The maximum atomic E-state index is 12.6. The van der Waals surface area contributed by atoms with E-state index in [2.05, 4.69) is 30.7 Å². The Hall–Kier alpha value is -1.62. The molecule has 5 heteroatoms. The lowest BCUT2D eigenvalue weighted by Gasteiger charge is -2.35. The fourth-order valence-corrected chi connectivity index (χ4v) is 4.40. The van der Waals surface area contributed by atoms with Crippen molar-refractivity contribution in [2.45, 2.75) is 40.0 Å². The van der Waals surface area contributed by atoms with E-state index < -0.39 is 0 Å². The first-order valence-electron chi connectivity index (χ1n) is 9.55. The van der Waals surface area contributed by atoms with E-state index in [4.69, 9.17) is 5.73 Å². The van der Waals surface area contributed by atoms with Crippen LogP contribution in [-0.4, -0.2) is 53.4 Å². The molecule has 0 aromatic carbocycles. The molecule has 5 nitrogen and oxygen atoms in total. The van der Waals surface area contributed by atoms with Crippen LogP contribution in [0.5, 0.6) is 0 Å². The van der Waals surface area contributed by atoms with Gasteiger partial charge in [0.2, 0.25) is 0 Å². The van der Waals surface area contributed by atoms with Crippen molar-refractivity contribution in [2.24, 2.45) is 17.3 Å². The van der Waals surface area contributed by atoms with E-state index in [0.29, 0.717) is 16.8 Å². The largest absolute Gasteiger partial charge is 0.384 e. The summed E-state index contributed by atoms with van der Waals surface area (Å²) >= 11 is 0. The van der Waals surface area contributed by atoms with E-state index >= 15 is 0 Å². The molecule has 0 unspecified atom stereocenters. The highest BCUT2D eigenvalue weighted by molar-refractivity contribution is 5.94. The lowest BCUT2D eigenvalue weighted by atomic mass is 9.83. The third-order valence-corrected chi connectivity index (χ3v) is 5.53. The number of nitrogens with two attached hydrogens (primary N) is 1. The average Bonchev–Trinajstić information content (AvgIpc) is 3.01. The summed E-state index contributed by atoms with van der Waals surface area (Å²) in [6.07, 6.45) is 5.17. The van der Waals surface area contributed by atoms with Gasteiger partial charge in [-0.1, -0.05) is 20.8 Å². The van der Waals surface area contributed by atoms with Crippen LogP contribution in [0.1, 0.15) is 50.4 Å². The molecule has 1 aromatic heterocycles. The number of carbonyl (C=O) groups is 1. The van der Waals surface area contributed by atoms with Gasteiger partial charge in [-0.2, -0.15) is 0 Å². The van der Waals surface area contributed by atoms with E-state index in [-0.39, 0.29) is 5.91 Å². The molecular weight excluding hydrogens is 312 g/mol. The van der Waals surface area contributed by atoms with Crippen molar-refractivity contribution >= 4 is 11.7 Å². The van der Waals surface area contributed by atoms with Crippen molar-refractivity contribution in [3.8, 4) is 0 Å². The van der Waals surface area contributed by atoms with E-state index in [0.717, 1.165) is 37.8 Å². The van der Waals surface area contributed by atoms with E-state index in [9.17, 15) is 4.79 Å². The summed E-state index contributed by atoms with van der Waals surface area (Å²) in [5.41, 5.74) is 6.73. The summed E-state index contributed by atoms with van der Waals surface area (Å²) < 4.78 is 0. The van der Waals surface area contributed by atoms with Crippen LogP contribution in [-0.2, 0) is 0 Å². The Balaban J connectivity index is 1.50. The second-order valence-electron chi connectivity index (χ2n) is 8.94. The summed E-state index contributed by atoms with van der Waals surface area (Å²) in [5.74, 6) is 2.06. The number of hydrogen-bond donors (Lipinski definition) is 1. The van der Waals surface area contributed by atoms with Crippen LogP contribution in [0.25, 0.3) is 0 Å². The van der Waals surface area contributed by atoms with E-state index in [1.807, 2.05) is 4.90 Å². The third kappa shape index (κ3) is 4.72. The first kappa shape index (κ1) is 18.2. The van der Waals surface area contributed by atoms with Crippen molar-refractivity contribution in [1.29, 1.82) is 0 Å². The standard InChI is InChI=1S/C20H32N4O/c1-20(2,3)14-23-9-5-17(13-23)15-6-10-24(11-7-15)19(25)16-4-8-22-18(21)12-16/h4,8,12,15,17H,5-7,9-11,13-14H2,1-3H3,(H2,21,22)/t17-/m0/s1. The Morgan fingerprint density at radius 3 is 2.52 bits per heavy atom. The van der Waals surface area contributed by atoms with Crippen LogP contribution in [0.4, 0.5) is 5.82 Å². The Bertz CT molecular complexity index is 602. The van der Waals surface area contributed by atoms with Gasteiger partial charge in [0.05, 0.1) is 0 Å². The van der Waals surface area contributed by atoms with Crippen molar-refractivity contribution in [1.82, 2.24) is 14.8 Å². The third-order valence-electron chi connectivity index (χ3n) is 5.53. The zero-order chi connectivity index (χ0) is 18.0. The highest BCUT2D eigenvalue weighted by Gasteiger charge is 2.34. The SMILES string of the molecule is CC(C)(C)CN1CC[C@H](C2CCN(C(=O)c3ccnc(N)c3)CC2)C1. The molecule has 0 bridgehead atoms. The van der Waals surface area contributed by atoms with E-state index in [1.165, 1.54) is 26.1 Å². The first-order chi connectivity index (χ1) is 11.8. The highest BCUT2D eigenvalue weighted by atomic mass is 16.2. The van der Waals surface area contributed by atoms with Crippen LogP contribution in [0.2, 0.25) is 0 Å². The predicted octanol–water partition coefficient (Wildman–Crippen LogP) is 2.88. The van der Waals surface area contributed by atoms with Gasteiger partial charge in [-0.05, 0) is 55.2 Å². The molecular formula is C20H32N4O. The monoisotopic (exact) mass is 344 g/mol. The van der Waals surface area contributed by atoms with Crippen molar-refractivity contribution in [3.05, 3.63) is 23.9 Å². The first-order valence-corrected chi connectivity index (χ1v) is 9.55. The molecule has 25 heavy (non-hydrogen) atoms. The fourth-order valence-electron chi connectivity index (χ4n) is 4.40. The number of anilines is 1. The summed E-state index contributed by atoms with van der Waals surface area (Å²) in [5, 5.41) is 0. The molecule has 0 radical (unpaired) electrons. The number of hydrogen-bond acceptors (Lipinski definition) is 4. The highest BCUT2D eigenvalue weighted by Crippen LogP contribution is 2.33. The number of likely N-dealkylation sites (tertiary alicyclic amines) is 2. The van der Waals surface area contributed by atoms with Gasteiger partial charge in [0.1, 0.15) is 5.82 Å². The minimum Gasteiger partial charge on any atom is -0.384 e. The minimum absolute atomic E-state index is 0.0910. The Kier molecular flexibility index (Phi) is 5.32. The molecule has 2 N–H and O–H groups in total. The lowest BCUT2D eigenvalue weighted by molar-refractivity contribution is 0.0657. The summed E-state index contributed by atoms with van der Waals surface area (Å²) in [6.45, 7) is 12.3. The number of carbonyl (C=O) groups excluding carboxylic acids is 1. The van der Waals surface area contributed by atoms with Crippen LogP contribution >= 0.6 is 0 Å². The van der Waals surface area contributed by atoms with Gasteiger partial charge in [-0.3, -0.25) is 4.79 Å². The number of piperidine rings is 1. The second-order valence-corrected chi connectivity index (χ2v) is 8.94. The predicted molar refractivity (Wildman–Crippen MR) is 101 cm³/mol. The van der Waals surface area contributed by atoms with Gasteiger partial charge in [0, 0.05) is 37.9 Å². The van der Waals surface area contributed by atoms with Gasteiger partial charge in [0.25, 0.3) is 5.91 Å². The molecule has 3 rings (SSSR count). The van der Waals surface area contributed by atoms with Crippen LogP contribution < -0.4 is 5.73 Å². The maximum Gasteiger partial charge on any atom is 0.254 e. The lowest BCUT2D eigenvalue weighted by Crippen LogP contribution is -2.40. The van der Waals surface area contributed by atoms with Crippen molar-refractivity contribution < 1.29 is 4.79 Å². The number of rotatable bonds is 3. The molecule has 138 valence electrons. The summed E-state index contributed by atoms with van der Waals surface area (Å²) in [7, 11) is 0. The molecule has 2 fully saturated rings. The normalized spacial score (nSPS) is 23.2. The molecule has 0 saturated carbocycles. The fraction of sp³-hybridized carbons (Fsp3) is 0.700. The number of nitrogen functional groups attached to an aromatic ring is 1. The topological polar surface area (TPSA) is 62.5 Å². The van der Waals surface area contributed by atoms with Crippen LogP contribution in [0, 0.1) is 17.3 Å². The van der Waals surface area contributed by atoms with Crippen molar-refractivity contribution in [3.63, 3.8) is 0 Å². The molecule has 0 spiro atoms. The molecule has 1 atom stereocenters. The minimum atomic E-state index is 0.0910. The Morgan fingerprint density at radius 2 is 1.88 bits per heavy atom. The Labute approximate surface area is 151 Å². The van der Waals surface area contributed by atoms with Gasteiger partial charge < -0.3 is 15.5 Å². The number of amides is 1. The van der Waals surface area contributed by atoms with Gasteiger partial charge in [0.15, 0.2) is 0 Å². The molecule has 1 aromatic rings. The van der Waals surface area contributed by atoms with Gasteiger partial charge in [-0.25, -0.2) is 4.98 Å². The zero-order valence-corrected chi connectivity index (χ0v) is 15.9.